The number of hydrogen-bond donors (Lipinski definition) is 0. The van der Waals surface area contributed by atoms with Crippen LogP contribution < -0.4 is 6.15 Å². The standard InChI is InChI=1S/3NO3.N.H2O/c3*2-1(3)4;;/h;;;;1H2/q3*-1;+3;. The van der Waals surface area contributed by atoms with Crippen molar-refractivity contribution in [2.75, 3.05) is 0 Å². The van der Waals surface area contributed by atoms with E-state index in [1.54, 1.807) is 0 Å². The van der Waals surface area contributed by atoms with Gasteiger partial charge >= 0.3 is 6.15 Å². The molecule has 0 amide bonds. The largest absolute Gasteiger partial charge is 3.00 e. The molecule has 0 aliphatic rings. The molecule has 0 unspecified atom stereocenters. The van der Waals surface area contributed by atoms with Crippen LogP contribution in [0.3, 0.4) is 0 Å². The van der Waals surface area contributed by atoms with Gasteiger partial charge in [0.25, 0.3) is 0 Å². The van der Waals surface area contributed by atoms with Crippen molar-refractivity contribution < 1.29 is 20.7 Å². The fraction of sp³-hybridized carbons (Fsp3) is 0. The second-order valence-electron chi connectivity index (χ2n) is 0.671. The summed E-state index contributed by atoms with van der Waals surface area (Å²) in [4.78, 5) is 24.8. The minimum absolute atomic E-state index is 0. The molecule has 0 aliphatic carbocycles. The molecule has 14 heteroatoms. The Morgan fingerprint density at radius 1 is 0.571 bits per heavy atom. The quantitative estimate of drug-likeness (QED) is 0.319. The molecule has 0 fully saturated rings. The van der Waals surface area contributed by atoms with Gasteiger partial charge in [-0.15, -0.1) is 0 Å². The lowest BCUT2D eigenvalue weighted by Gasteiger charge is -1.74. The maximum absolute atomic E-state index is 8.25. The van der Waals surface area contributed by atoms with E-state index in [9.17, 15) is 0 Å². The first-order valence-electron chi connectivity index (χ1n) is 1.64. The van der Waals surface area contributed by atoms with Crippen LogP contribution in [-0.2, 0) is 0 Å². The van der Waals surface area contributed by atoms with Crippen molar-refractivity contribution in [2.24, 2.45) is 0 Å². The van der Waals surface area contributed by atoms with E-state index in [2.05, 4.69) is 0 Å². The van der Waals surface area contributed by atoms with Gasteiger partial charge in [-0.25, -0.2) is 0 Å². The van der Waals surface area contributed by atoms with E-state index in [0.29, 0.717) is 0 Å². The average Bonchev–Trinajstić information content (AvgIpc) is 1.54. The van der Waals surface area contributed by atoms with Crippen LogP contribution in [0.2, 0.25) is 0 Å². The van der Waals surface area contributed by atoms with Gasteiger partial charge in [-0.05, 0) is 0 Å². The summed E-state index contributed by atoms with van der Waals surface area (Å²) in [5.74, 6) is 0. The molecule has 14 nitrogen and oxygen atoms in total. The van der Waals surface area contributed by atoms with E-state index in [4.69, 9.17) is 46.0 Å². The molecule has 0 bridgehead atoms. The molecule has 0 aromatic carbocycles. The molecule has 0 saturated carbocycles. The maximum atomic E-state index is 8.25. The van der Waals surface area contributed by atoms with Crippen LogP contribution in [0.1, 0.15) is 0 Å². The van der Waals surface area contributed by atoms with Crippen LogP contribution in [0.15, 0.2) is 0 Å². The van der Waals surface area contributed by atoms with E-state index in [-0.39, 0.29) is 11.6 Å². The van der Waals surface area contributed by atoms with E-state index >= 15 is 0 Å². The van der Waals surface area contributed by atoms with Crippen molar-refractivity contribution in [3.63, 3.8) is 0 Å². The van der Waals surface area contributed by atoms with Gasteiger partial charge in [0.15, 0.2) is 0 Å². The SMILES string of the molecule is O.O=[N+]([O-])[O-].O=[N+]([O-])[O-].O=[N+]([O-])[O-].[N+3]. The number of nitrogens with zero attached hydrogens (tertiary/aromatic N) is 4. The van der Waals surface area contributed by atoms with E-state index in [0.717, 1.165) is 0 Å². The zero-order chi connectivity index (χ0) is 10.7. The topological polar surface area (TPSA) is 261 Å². The van der Waals surface area contributed by atoms with E-state index in [1.165, 1.54) is 0 Å². The first-order valence-corrected chi connectivity index (χ1v) is 1.64. The predicted octanol–water partition coefficient (Wildman–Crippen LogP) is -2.02. The highest BCUT2D eigenvalue weighted by Gasteiger charge is 3.00. The first-order chi connectivity index (χ1) is 5.20. The highest BCUT2D eigenvalue weighted by Crippen LogP contribution is 1.45. The maximum Gasteiger partial charge on any atom is 3.00 e. The first kappa shape index (κ1) is 30.2. The summed E-state index contributed by atoms with van der Waals surface area (Å²) < 4.78 is 0. The molecule has 14 heavy (non-hydrogen) atoms. The molecule has 0 spiro atoms. The van der Waals surface area contributed by atoms with Crippen molar-refractivity contribution >= 4 is 0 Å². The molecule has 0 aliphatic heterocycles. The predicted molar refractivity (Wildman–Crippen MR) is 36.8 cm³/mol. The van der Waals surface area contributed by atoms with Gasteiger partial charge in [0.1, 0.15) is 0 Å². The van der Waals surface area contributed by atoms with Crippen LogP contribution in [0.5, 0.6) is 0 Å². The molecular weight excluding hydrogens is 216 g/mol. The summed E-state index contributed by atoms with van der Waals surface area (Å²) in [5, 5.41) is 44.2. The number of rotatable bonds is 0. The monoisotopic (exact) mass is 218 g/mol. The van der Waals surface area contributed by atoms with Crippen molar-refractivity contribution in [2.45, 2.75) is 0 Å². The van der Waals surface area contributed by atoms with Crippen LogP contribution >= 0.6 is 0 Å². The Kier molecular flexibility index (Phi) is 48.5. The molecular formula is H2N4O10. The fourth-order valence-electron chi connectivity index (χ4n) is 0. The third-order valence-corrected chi connectivity index (χ3v) is 0. The van der Waals surface area contributed by atoms with Crippen LogP contribution in [-0.4, -0.2) is 20.7 Å². The molecule has 0 atom stereocenters. The zero-order valence-electron chi connectivity index (χ0n) is 5.96. The summed E-state index contributed by atoms with van der Waals surface area (Å²) in [6.45, 7) is 0. The third kappa shape index (κ3) is 85.1. The summed E-state index contributed by atoms with van der Waals surface area (Å²) in [6.07, 6.45) is 0. The Balaban J connectivity index is -0.0000000270. The van der Waals surface area contributed by atoms with Gasteiger partial charge in [-0.3, -0.25) is 0 Å². The van der Waals surface area contributed by atoms with Crippen molar-refractivity contribution in [3.8, 4) is 0 Å². The third-order valence-electron chi connectivity index (χ3n) is 0. The van der Waals surface area contributed by atoms with E-state index in [1.807, 2.05) is 0 Å². The Labute approximate surface area is 74.2 Å². The average molecular weight is 218 g/mol. The molecule has 0 saturated heterocycles. The molecule has 0 heterocycles. The molecule has 2 radical (unpaired) electrons. The summed E-state index contributed by atoms with van der Waals surface area (Å²) in [6, 6.07) is 0. The second kappa shape index (κ2) is 22.4. The normalized spacial score (nSPS) is 5.14. The Hall–Kier alpha value is -2.73. The highest BCUT2D eigenvalue weighted by molar-refractivity contribution is 4.04. The van der Waals surface area contributed by atoms with Gasteiger partial charge in [0.2, 0.25) is 0 Å². The van der Waals surface area contributed by atoms with Gasteiger partial charge in [-0.2, -0.15) is 0 Å². The van der Waals surface area contributed by atoms with Gasteiger partial charge < -0.3 is 51.4 Å². The molecule has 82 valence electrons. The highest BCUT2D eigenvalue weighted by atomic mass is 16.9. The van der Waals surface area contributed by atoms with Crippen LogP contribution in [0.4, 0.5) is 0 Å². The van der Waals surface area contributed by atoms with E-state index < -0.39 is 15.3 Å². The Bertz CT molecular complexity index is 110. The van der Waals surface area contributed by atoms with Crippen molar-refractivity contribution in [3.05, 3.63) is 46.0 Å². The molecule has 0 aromatic rings. The Morgan fingerprint density at radius 2 is 0.571 bits per heavy atom. The lowest BCUT2D eigenvalue weighted by atomic mass is 13.1. The van der Waals surface area contributed by atoms with Crippen molar-refractivity contribution in [1.82, 2.24) is 6.15 Å². The molecule has 2 N–H and O–H groups in total. The van der Waals surface area contributed by atoms with Crippen molar-refractivity contribution in [1.29, 1.82) is 0 Å². The van der Waals surface area contributed by atoms with Crippen LogP contribution in [0.25, 0.3) is 0 Å². The fourth-order valence-corrected chi connectivity index (χ4v) is 0. The lowest BCUT2D eigenvalue weighted by molar-refractivity contribution is -0.403. The second-order valence-corrected chi connectivity index (χ2v) is 0.671. The number of hydrogen-bond acceptors (Lipinski definition) is 9. The summed E-state index contributed by atoms with van der Waals surface area (Å²) in [7, 11) is 0. The van der Waals surface area contributed by atoms with Gasteiger partial charge in [0.05, 0.1) is 15.3 Å². The summed E-state index contributed by atoms with van der Waals surface area (Å²) in [5.41, 5.74) is 0. The minimum atomic E-state index is -1.75. The van der Waals surface area contributed by atoms with Gasteiger partial charge in [-0.1, -0.05) is 0 Å². The minimum Gasteiger partial charge on any atom is -0.412 e. The van der Waals surface area contributed by atoms with Gasteiger partial charge in [0, 0.05) is 0 Å². The zero-order valence-corrected chi connectivity index (χ0v) is 5.96. The lowest BCUT2D eigenvalue weighted by Crippen LogP contribution is -1.74. The van der Waals surface area contributed by atoms with Crippen LogP contribution in [0, 0.1) is 46.0 Å². The Morgan fingerprint density at radius 3 is 0.571 bits per heavy atom. The molecule has 0 aromatic heterocycles. The summed E-state index contributed by atoms with van der Waals surface area (Å²) >= 11 is 0. The molecule has 0 rings (SSSR count). The smallest absolute Gasteiger partial charge is 0.412 e.